The van der Waals surface area contributed by atoms with Crippen molar-refractivity contribution in [2.45, 2.75) is 12.8 Å². The number of benzene rings is 1. The largest absolute Gasteiger partial charge is 0.490 e. The molecule has 0 aliphatic heterocycles. The second kappa shape index (κ2) is 6.75. The molecule has 0 unspecified atom stereocenters. The molecule has 0 fully saturated rings. The van der Waals surface area contributed by atoms with Crippen molar-refractivity contribution in [2.75, 3.05) is 25.5 Å². The molecule has 0 bridgehead atoms. The smallest absolute Gasteiger partial charge is 0.313 e. The molecule has 0 saturated heterocycles. The van der Waals surface area contributed by atoms with Gasteiger partial charge in [-0.05, 0) is 19.4 Å². The van der Waals surface area contributed by atoms with Crippen LogP contribution in [0.1, 0.15) is 12.8 Å². The van der Waals surface area contributed by atoms with Gasteiger partial charge in [-0.15, -0.1) is 0 Å². The Balaban J connectivity index is 2.83. The van der Waals surface area contributed by atoms with Gasteiger partial charge in [0.05, 0.1) is 23.8 Å². The molecular weight excluding hydrogens is 241 g/mol. The van der Waals surface area contributed by atoms with Crippen molar-refractivity contribution < 1.29 is 14.1 Å². The maximum Gasteiger partial charge on any atom is 0.313 e. The SMILES string of the molecule is COc1cc(NCCCCN)c(F)cc1[N+](=O)[O-]. The highest BCUT2D eigenvalue weighted by molar-refractivity contribution is 5.59. The van der Waals surface area contributed by atoms with Crippen LogP contribution in [0.5, 0.6) is 5.75 Å². The average Bonchev–Trinajstić information content (AvgIpc) is 2.35. The molecular formula is C11H16FN3O3. The maximum atomic E-state index is 13.6. The molecule has 1 aromatic rings. The normalized spacial score (nSPS) is 10.2. The van der Waals surface area contributed by atoms with Gasteiger partial charge in [-0.2, -0.15) is 0 Å². The summed E-state index contributed by atoms with van der Waals surface area (Å²) in [5.74, 6) is -0.641. The number of unbranched alkanes of at least 4 members (excludes halogenated alkanes) is 1. The number of nitrogens with zero attached hydrogens (tertiary/aromatic N) is 1. The molecule has 0 radical (unpaired) electrons. The Bertz CT molecular complexity index is 426. The number of nitro benzene ring substituents is 1. The molecule has 0 heterocycles. The van der Waals surface area contributed by atoms with Crippen LogP contribution < -0.4 is 15.8 Å². The van der Waals surface area contributed by atoms with Crippen LogP contribution in [0.15, 0.2) is 12.1 Å². The van der Waals surface area contributed by atoms with Crippen LogP contribution in [-0.2, 0) is 0 Å². The van der Waals surface area contributed by atoms with E-state index in [0.29, 0.717) is 13.1 Å². The number of hydrogen-bond acceptors (Lipinski definition) is 5. The predicted octanol–water partition coefficient (Wildman–Crippen LogP) is 1.89. The van der Waals surface area contributed by atoms with Crippen molar-refractivity contribution in [1.82, 2.24) is 0 Å². The van der Waals surface area contributed by atoms with E-state index in [1.807, 2.05) is 0 Å². The molecule has 100 valence electrons. The Hall–Kier alpha value is -1.89. The Morgan fingerprint density at radius 2 is 2.22 bits per heavy atom. The van der Waals surface area contributed by atoms with Gasteiger partial charge in [0.1, 0.15) is 0 Å². The van der Waals surface area contributed by atoms with Gasteiger partial charge in [0.25, 0.3) is 0 Å². The maximum absolute atomic E-state index is 13.6. The van der Waals surface area contributed by atoms with Crippen molar-refractivity contribution >= 4 is 11.4 Å². The van der Waals surface area contributed by atoms with E-state index in [9.17, 15) is 14.5 Å². The zero-order valence-electron chi connectivity index (χ0n) is 10.1. The summed E-state index contributed by atoms with van der Waals surface area (Å²) in [5, 5.41) is 13.5. The van der Waals surface area contributed by atoms with Gasteiger partial charge in [-0.3, -0.25) is 10.1 Å². The van der Waals surface area contributed by atoms with Crippen LogP contribution in [-0.4, -0.2) is 25.1 Å². The van der Waals surface area contributed by atoms with Crippen molar-refractivity contribution in [1.29, 1.82) is 0 Å². The Labute approximate surface area is 104 Å². The lowest BCUT2D eigenvalue weighted by atomic mass is 10.2. The standard InChI is InChI=1S/C11H16FN3O3/c1-18-11-7-9(14-5-3-2-4-13)8(12)6-10(11)15(16)17/h6-7,14H,2-5,13H2,1H3. The summed E-state index contributed by atoms with van der Waals surface area (Å²) in [5.41, 5.74) is 5.14. The summed E-state index contributed by atoms with van der Waals surface area (Å²) in [7, 11) is 1.30. The van der Waals surface area contributed by atoms with E-state index >= 15 is 0 Å². The highest BCUT2D eigenvalue weighted by atomic mass is 19.1. The summed E-state index contributed by atoms with van der Waals surface area (Å²) in [6, 6.07) is 2.14. The third kappa shape index (κ3) is 3.56. The molecule has 7 heteroatoms. The lowest BCUT2D eigenvalue weighted by Crippen LogP contribution is -2.07. The van der Waals surface area contributed by atoms with Gasteiger partial charge in [0.15, 0.2) is 11.6 Å². The Morgan fingerprint density at radius 1 is 1.50 bits per heavy atom. The molecule has 0 aliphatic carbocycles. The summed E-state index contributed by atoms with van der Waals surface area (Å²) < 4.78 is 18.5. The summed E-state index contributed by atoms with van der Waals surface area (Å²) in [4.78, 5) is 9.99. The number of nitrogens with one attached hydrogen (secondary N) is 1. The van der Waals surface area contributed by atoms with E-state index in [2.05, 4.69) is 5.32 Å². The number of nitro groups is 1. The third-order valence-electron chi connectivity index (χ3n) is 2.41. The number of anilines is 1. The number of ether oxygens (including phenoxy) is 1. The minimum Gasteiger partial charge on any atom is -0.490 e. The third-order valence-corrected chi connectivity index (χ3v) is 2.41. The molecule has 1 rings (SSSR count). The molecule has 18 heavy (non-hydrogen) atoms. The van der Waals surface area contributed by atoms with Crippen LogP contribution in [0.25, 0.3) is 0 Å². The minimum absolute atomic E-state index is 0.0303. The summed E-state index contributed by atoms with van der Waals surface area (Å²) in [6.45, 7) is 1.13. The number of methoxy groups -OCH3 is 1. The molecule has 0 aromatic heterocycles. The van der Waals surface area contributed by atoms with Gasteiger partial charge in [0.2, 0.25) is 0 Å². The van der Waals surface area contributed by atoms with Crippen LogP contribution >= 0.6 is 0 Å². The zero-order chi connectivity index (χ0) is 13.5. The van der Waals surface area contributed by atoms with Crippen molar-refractivity contribution in [3.63, 3.8) is 0 Å². The van der Waals surface area contributed by atoms with Gasteiger partial charge in [-0.25, -0.2) is 4.39 Å². The first-order valence-corrected chi connectivity index (χ1v) is 5.56. The van der Waals surface area contributed by atoms with Crippen LogP contribution in [0.2, 0.25) is 0 Å². The van der Waals surface area contributed by atoms with E-state index in [1.54, 1.807) is 0 Å². The quantitative estimate of drug-likeness (QED) is 0.442. The molecule has 0 amide bonds. The van der Waals surface area contributed by atoms with Crippen LogP contribution in [0, 0.1) is 15.9 Å². The van der Waals surface area contributed by atoms with Crippen LogP contribution in [0.3, 0.4) is 0 Å². The molecule has 0 saturated carbocycles. The van der Waals surface area contributed by atoms with E-state index in [4.69, 9.17) is 10.5 Å². The second-order valence-electron chi connectivity index (χ2n) is 3.68. The first-order valence-electron chi connectivity index (χ1n) is 5.56. The predicted molar refractivity (Wildman–Crippen MR) is 66.4 cm³/mol. The molecule has 1 aromatic carbocycles. The second-order valence-corrected chi connectivity index (χ2v) is 3.68. The van der Waals surface area contributed by atoms with E-state index in [-0.39, 0.29) is 17.1 Å². The van der Waals surface area contributed by atoms with E-state index in [0.717, 1.165) is 18.9 Å². The first kappa shape index (κ1) is 14.2. The molecule has 0 atom stereocenters. The number of halogens is 1. The summed E-state index contributed by atoms with van der Waals surface area (Å²) in [6.07, 6.45) is 1.63. The molecule has 6 nitrogen and oxygen atoms in total. The molecule has 3 N–H and O–H groups in total. The Kier molecular flexibility index (Phi) is 5.31. The lowest BCUT2D eigenvalue weighted by Gasteiger charge is -2.09. The topological polar surface area (TPSA) is 90.4 Å². The number of rotatable bonds is 7. The highest BCUT2D eigenvalue weighted by Crippen LogP contribution is 2.32. The van der Waals surface area contributed by atoms with Crippen LogP contribution in [0.4, 0.5) is 15.8 Å². The summed E-state index contributed by atoms with van der Waals surface area (Å²) >= 11 is 0. The fourth-order valence-electron chi connectivity index (χ4n) is 1.48. The first-order chi connectivity index (χ1) is 8.60. The van der Waals surface area contributed by atoms with E-state index in [1.165, 1.54) is 13.2 Å². The number of nitrogens with two attached hydrogens (primary N) is 1. The lowest BCUT2D eigenvalue weighted by molar-refractivity contribution is -0.385. The number of hydrogen-bond donors (Lipinski definition) is 2. The minimum atomic E-state index is -0.680. The monoisotopic (exact) mass is 257 g/mol. The van der Waals surface area contributed by atoms with Gasteiger partial charge in [0, 0.05) is 12.6 Å². The fraction of sp³-hybridized carbons (Fsp3) is 0.455. The average molecular weight is 257 g/mol. The van der Waals surface area contributed by atoms with Crippen molar-refractivity contribution in [2.24, 2.45) is 5.73 Å². The zero-order valence-corrected chi connectivity index (χ0v) is 10.1. The molecule has 0 spiro atoms. The Morgan fingerprint density at radius 3 is 2.78 bits per heavy atom. The van der Waals surface area contributed by atoms with Gasteiger partial charge < -0.3 is 15.8 Å². The van der Waals surface area contributed by atoms with Crippen molar-refractivity contribution in [3.05, 3.63) is 28.1 Å². The highest BCUT2D eigenvalue weighted by Gasteiger charge is 2.18. The van der Waals surface area contributed by atoms with Gasteiger partial charge >= 0.3 is 5.69 Å². The fourth-order valence-corrected chi connectivity index (χ4v) is 1.48. The van der Waals surface area contributed by atoms with Crippen molar-refractivity contribution in [3.8, 4) is 5.75 Å². The molecule has 0 aliphatic rings. The van der Waals surface area contributed by atoms with Gasteiger partial charge in [-0.1, -0.05) is 0 Å². The van der Waals surface area contributed by atoms with E-state index < -0.39 is 10.7 Å².